The first-order chi connectivity index (χ1) is 9.63. The molecule has 0 bridgehead atoms. The van der Waals surface area contributed by atoms with Crippen molar-refractivity contribution in [3.05, 3.63) is 40.1 Å². The fourth-order valence-electron chi connectivity index (χ4n) is 1.89. The zero-order valence-corrected chi connectivity index (χ0v) is 12.3. The summed E-state index contributed by atoms with van der Waals surface area (Å²) in [4.78, 5) is 12.3. The van der Waals surface area contributed by atoms with E-state index in [4.69, 9.17) is 0 Å². The Morgan fingerprint density at radius 2 is 2.25 bits per heavy atom. The monoisotopic (exact) mass is 296 g/mol. The molecule has 1 heterocycles. The maximum absolute atomic E-state index is 13.6. The average Bonchev–Trinajstić information content (AvgIpc) is 2.72. The lowest BCUT2D eigenvalue weighted by Crippen LogP contribution is -2.17. The van der Waals surface area contributed by atoms with E-state index in [2.05, 4.69) is 15.5 Å². The molecule has 0 amide bonds. The number of halogens is 1. The van der Waals surface area contributed by atoms with Gasteiger partial charge in [-0.2, -0.15) is 0 Å². The fourth-order valence-corrected chi connectivity index (χ4v) is 2.86. The highest BCUT2D eigenvalue weighted by molar-refractivity contribution is 7.99. The molecule has 7 heteroatoms. The Kier molecular flexibility index (Phi) is 4.97. The second-order valence-corrected chi connectivity index (χ2v) is 5.43. The second-order valence-electron chi connectivity index (χ2n) is 4.39. The van der Waals surface area contributed by atoms with Gasteiger partial charge in [-0.05, 0) is 49.0 Å². The van der Waals surface area contributed by atoms with E-state index in [1.54, 1.807) is 4.57 Å². The van der Waals surface area contributed by atoms with Crippen LogP contribution in [0.5, 0.6) is 0 Å². The summed E-state index contributed by atoms with van der Waals surface area (Å²) in [5.74, 6) is -0.292. The van der Waals surface area contributed by atoms with Gasteiger partial charge in [-0.15, -0.1) is 5.10 Å². The molecule has 2 N–H and O–H groups in total. The molecule has 0 spiro atoms. The zero-order chi connectivity index (χ0) is 14.5. The molecule has 1 aromatic carbocycles. The fraction of sp³-hybridized carbons (Fsp3) is 0.385. The number of nitrogens with zero attached hydrogens (tertiary/aromatic N) is 2. The van der Waals surface area contributed by atoms with Crippen LogP contribution in [0.15, 0.2) is 33.0 Å². The minimum absolute atomic E-state index is 0.235. The minimum atomic E-state index is -0.292. The van der Waals surface area contributed by atoms with E-state index in [-0.39, 0.29) is 11.5 Å². The minimum Gasteiger partial charge on any atom is -0.316 e. The third-order valence-electron chi connectivity index (χ3n) is 2.69. The lowest BCUT2D eigenvalue weighted by atomic mass is 10.2. The molecule has 2 aromatic rings. The molecular formula is C13H17FN4OS. The first kappa shape index (κ1) is 14.8. The number of aromatic amines is 1. The molecule has 2 rings (SSSR count). The highest BCUT2D eigenvalue weighted by Gasteiger charge is 2.10. The molecule has 0 aliphatic carbocycles. The average molecular weight is 296 g/mol. The number of hydrogen-bond acceptors (Lipinski definition) is 4. The van der Waals surface area contributed by atoms with Gasteiger partial charge in [0.05, 0.1) is 0 Å². The number of aromatic nitrogens is 3. The standard InChI is InChI=1S/C13H17FN4OS/c1-3-4-18-12(19)16-17-13(18)20-11-6-9(8-15-2)5-10(14)7-11/h5-7,15H,3-4,8H2,1-2H3,(H,16,19). The van der Waals surface area contributed by atoms with Crippen molar-refractivity contribution >= 4 is 11.8 Å². The molecule has 108 valence electrons. The lowest BCUT2D eigenvalue weighted by molar-refractivity contribution is 0.603. The number of rotatable bonds is 6. The summed E-state index contributed by atoms with van der Waals surface area (Å²) in [7, 11) is 1.81. The summed E-state index contributed by atoms with van der Waals surface area (Å²) in [5, 5.41) is 9.95. The zero-order valence-electron chi connectivity index (χ0n) is 11.4. The molecule has 20 heavy (non-hydrogen) atoms. The molecule has 0 saturated carbocycles. The molecule has 0 fully saturated rings. The van der Waals surface area contributed by atoms with E-state index in [0.29, 0.717) is 18.2 Å². The first-order valence-corrected chi connectivity index (χ1v) is 7.22. The number of hydrogen-bond donors (Lipinski definition) is 2. The predicted molar refractivity (Wildman–Crippen MR) is 76.4 cm³/mol. The molecule has 5 nitrogen and oxygen atoms in total. The van der Waals surface area contributed by atoms with Crippen molar-refractivity contribution in [2.45, 2.75) is 36.5 Å². The van der Waals surface area contributed by atoms with E-state index >= 15 is 0 Å². The third-order valence-corrected chi connectivity index (χ3v) is 3.66. The van der Waals surface area contributed by atoms with Gasteiger partial charge in [0.15, 0.2) is 5.16 Å². The van der Waals surface area contributed by atoms with Crippen LogP contribution in [0.2, 0.25) is 0 Å². The van der Waals surface area contributed by atoms with E-state index < -0.39 is 0 Å². The van der Waals surface area contributed by atoms with Gasteiger partial charge in [-0.25, -0.2) is 14.3 Å². The van der Waals surface area contributed by atoms with Gasteiger partial charge in [0.25, 0.3) is 0 Å². The quantitative estimate of drug-likeness (QED) is 0.856. The normalized spacial score (nSPS) is 10.9. The van der Waals surface area contributed by atoms with E-state index in [1.165, 1.54) is 23.9 Å². The van der Waals surface area contributed by atoms with Gasteiger partial charge in [-0.1, -0.05) is 6.92 Å². The number of H-pyrrole nitrogens is 1. The molecule has 0 aliphatic heterocycles. The highest BCUT2D eigenvalue weighted by Crippen LogP contribution is 2.27. The Labute approximate surface area is 120 Å². The van der Waals surface area contributed by atoms with Crippen LogP contribution >= 0.6 is 11.8 Å². The van der Waals surface area contributed by atoms with Crippen LogP contribution in [-0.2, 0) is 13.1 Å². The summed E-state index contributed by atoms with van der Waals surface area (Å²) in [6, 6.07) is 4.82. The van der Waals surface area contributed by atoms with Crippen LogP contribution in [0.1, 0.15) is 18.9 Å². The number of nitrogens with one attached hydrogen (secondary N) is 2. The number of benzene rings is 1. The molecule has 0 atom stereocenters. The van der Waals surface area contributed by atoms with Crippen LogP contribution in [0.4, 0.5) is 4.39 Å². The van der Waals surface area contributed by atoms with Crippen LogP contribution < -0.4 is 11.0 Å². The smallest absolute Gasteiger partial charge is 0.316 e. The maximum Gasteiger partial charge on any atom is 0.343 e. The lowest BCUT2D eigenvalue weighted by Gasteiger charge is -2.06. The third kappa shape index (κ3) is 3.49. The largest absolute Gasteiger partial charge is 0.343 e. The molecule has 0 aliphatic rings. The van der Waals surface area contributed by atoms with Crippen molar-refractivity contribution in [3.8, 4) is 0 Å². The Balaban J connectivity index is 2.27. The summed E-state index contributed by atoms with van der Waals surface area (Å²) in [6.07, 6.45) is 0.834. The van der Waals surface area contributed by atoms with E-state index in [1.807, 2.05) is 20.0 Å². The van der Waals surface area contributed by atoms with Gasteiger partial charge in [0.2, 0.25) is 0 Å². The highest BCUT2D eigenvalue weighted by atomic mass is 32.2. The van der Waals surface area contributed by atoms with Crippen molar-refractivity contribution in [2.24, 2.45) is 0 Å². The van der Waals surface area contributed by atoms with Crippen molar-refractivity contribution in [1.82, 2.24) is 20.1 Å². The topological polar surface area (TPSA) is 62.7 Å². The Bertz CT molecular complexity index is 638. The van der Waals surface area contributed by atoms with Gasteiger partial charge in [-0.3, -0.25) is 4.57 Å². The molecular weight excluding hydrogens is 279 g/mol. The molecule has 0 unspecified atom stereocenters. The first-order valence-electron chi connectivity index (χ1n) is 6.41. The Morgan fingerprint density at radius 3 is 2.95 bits per heavy atom. The molecule has 0 saturated heterocycles. The van der Waals surface area contributed by atoms with Crippen molar-refractivity contribution in [1.29, 1.82) is 0 Å². The maximum atomic E-state index is 13.6. The van der Waals surface area contributed by atoms with Crippen molar-refractivity contribution in [2.75, 3.05) is 7.05 Å². The summed E-state index contributed by atoms with van der Waals surface area (Å²) >= 11 is 1.28. The van der Waals surface area contributed by atoms with Crippen LogP contribution in [-0.4, -0.2) is 21.8 Å². The van der Waals surface area contributed by atoms with Crippen LogP contribution in [0.25, 0.3) is 0 Å². The summed E-state index contributed by atoms with van der Waals surface area (Å²) in [6.45, 7) is 3.17. The SMILES string of the molecule is CCCn1c(Sc2cc(F)cc(CNC)c2)n[nH]c1=O. The molecule has 0 radical (unpaired) electrons. The van der Waals surface area contributed by atoms with Crippen molar-refractivity contribution in [3.63, 3.8) is 0 Å². The van der Waals surface area contributed by atoms with Gasteiger partial charge >= 0.3 is 5.69 Å². The second kappa shape index (κ2) is 6.71. The van der Waals surface area contributed by atoms with E-state index in [0.717, 1.165) is 16.9 Å². The molecule has 1 aromatic heterocycles. The van der Waals surface area contributed by atoms with Gasteiger partial charge < -0.3 is 5.32 Å². The predicted octanol–water partition coefficient (Wildman–Crippen LogP) is 1.99. The van der Waals surface area contributed by atoms with Gasteiger partial charge in [0.1, 0.15) is 5.82 Å². The van der Waals surface area contributed by atoms with E-state index in [9.17, 15) is 9.18 Å². The van der Waals surface area contributed by atoms with Gasteiger partial charge in [0, 0.05) is 18.0 Å². The Hall–Kier alpha value is -1.60. The van der Waals surface area contributed by atoms with Crippen molar-refractivity contribution < 1.29 is 4.39 Å². The van der Waals surface area contributed by atoms with Crippen LogP contribution in [0.3, 0.4) is 0 Å². The summed E-state index contributed by atoms with van der Waals surface area (Å²) < 4.78 is 15.1. The summed E-state index contributed by atoms with van der Waals surface area (Å²) in [5.41, 5.74) is 0.621. The Morgan fingerprint density at radius 1 is 1.45 bits per heavy atom. The van der Waals surface area contributed by atoms with Crippen LogP contribution in [0, 0.1) is 5.82 Å².